The summed E-state index contributed by atoms with van der Waals surface area (Å²) in [5, 5.41) is 3.21. The molecule has 1 N–H and O–H groups in total. The molecule has 2 aromatic rings. The molecular formula is C16H19N3O. The molecule has 1 aliphatic carbocycles. The number of rotatable bonds is 4. The Bertz CT molecular complexity index is 625. The molecule has 0 bridgehead atoms. The fourth-order valence-corrected chi connectivity index (χ4v) is 2.61. The summed E-state index contributed by atoms with van der Waals surface area (Å²) in [6, 6.07) is 6.33. The molecule has 1 aromatic heterocycles. The molecule has 0 aliphatic heterocycles. The quantitative estimate of drug-likeness (QED) is 0.922. The van der Waals surface area contributed by atoms with Crippen molar-refractivity contribution in [3.05, 3.63) is 41.2 Å². The minimum atomic E-state index is 0.619. The molecule has 0 amide bonds. The van der Waals surface area contributed by atoms with Gasteiger partial charge < -0.3 is 10.1 Å². The van der Waals surface area contributed by atoms with E-state index in [1.807, 2.05) is 19.9 Å². The van der Waals surface area contributed by atoms with E-state index < -0.39 is 0 Å². The Morgan fingerprint density at radius 1 is 1.20 bits per heavy atom. The van der Waals surface area contributed by atoms with Crippen molar-refractivity contribution in [1.82, 2.24) is 9.97 Å². The normalized spacial score (nSPS) is 13.1. The van der Waals surface area contributed by atoms with E-state index in [0.717, 1.165) is 30.1 Å². The van der Waals surface area contributed by atoms with Crippen LogP contribution in [0.2, 0.25) is 0 Å². The number of hydrogen-bond donors (Lipinski definition) is 1. The van der Waals surface area contributed by atoms with E-state index in [0.29, 0.717) is 5.88 Å². The van der Waals surface area contributed by atoms with Gasteiger partial charge in [-0.15, -0.1) is 0 Å². The Morgan fingerprint density at radius 3 is 2.90 bits per heavy atom. The second-order valence-corrected chi connectivity index (χ2v) is 5.07. The SMILES string of the molecule is CCNc1ncnc(Oc2ccc3c(c2)CCC3)c1C. The highest BCUT2D eigenvalue weighted by molar-refractivity contribution is 5.49. The monoisotopic (exact) mass is 269 g/mol. The molecule has 104 valence electrons. The number of aryl methyl sites for hydroxylation is 2. The van der Waals surface area contributed by atoms with E-state index >= 15 is 0 Å². The Hall–Kier alpha value is -2.10. The minimum absolute atomic E-state index is 0.619. The maximum absolute atomic E-state index is 5.93. The molecule has 0 atom stereocenters. The van der Waals surface area contributed by atoms with Crippen LogP contribution in [0.25, 0.3) is 0 Å². The number of ether oxygens (including phenoxy) is 1. The van der Waals surface area contributed by atoms with Gasteiger partial charge in [-0.05, 0) is 56.4 Å². The third kappa shape index (κ3) is 2.46. The van der Waals surface area contributed by atoms with Crippen LogP contribution in [-0.2, 0) is 12.8 Å². The highest BCUT2D eigenvalue weighted by Crippen LogP contribution is 2.30. The van der Waals surface area contributed by atoms with E-state index in [1.165, 1.54) is 30.3 Å². The van der Waals surface area contributed by atoms with E-state index in [2.05, 4.69) is 27.4 Å². The summed E-state index contributed by atoms with van der Waals surface area (Å²) in [6.07, 6.45) is 5.12. The minimum Gasteiger partial charge on any atom is -0.439 e. The standard InChI is InChI=1S/C16H19N3O/c1-3-17-15-11(2)16(19-10-18-15)20-14-8-7-12-5-4-6-13(12)9-14/h7-10H,3-6H2,1-2H3,(H,17,18,19). The van der Waals surface area contributed by atoms with Crippen molar-refractivity contribution in [3.63, 3.8) is 0 Å². The third-order valence-electron chi connectivity index (χ3n) is 3.67. The first-order chi connectivity index (χ1) is 9.78. The molecule has 3 rings (SSSR count). The lowest BCUT2D eigenvalue weighted by molar-refractivity contribution is 0.457. The zero-order valence-electron chi connectivity index (χ0n) is 11.9. The number of anilines is 1. The van der Waals surface area contributed by atoms with Gasteiger partial charge >= 0.3 is 0 Å². The predicted octanol–water partition coefficient (Wildman–Crippen LogP) is 3.50. The van der Waals surface area contributed by atoms with Gasteiger partial charge in [0.1, 0.15) is 17.9 Å². The number of nitrogens with zero attached hydrogens (tertiary/aromatic N) is 2. The number of aromatic nitrogens is 2. The molecule has 20 heavy (non-hydrogen) atoms. The van der Waals surface area contributed by atoms with Crippen LogP contribution in [0.3, 0.4) is 0 Å². The largest absolute Gasteiger partial charge is 0.439 e. The lowest BCUT2D eigenvalue weighted by Gasteiger charge is -2.11. The van der Waals surface area contributed by atoms with Gasteiger partial charge in [-0.3, -0.25) is 0 Å². The van der Waals surface area contributed by atoms with Crippen LogP contribution in [0.15, 0.2) is 24.5 Å². The Labute approximate surface area is 119 Å². The maximum atomic E-state index is 5.93. The first-order valence-electron chi connectivity index (χ1n) is 7.13. The molecule has 1 heterocycles. The number of fused-ring (bicyclic) bond motifs is 1. The molecule has 1 aromatic carbocycles. The van der Waals surface area contributed by atoms with Crippen LogP contribution in [-0.4, -0.2) is 16.5 Å². The molecule has 0 spiro atoms. The van der Waals surface area contributed by atoms with Crippen molar-refractivity contribution in [3.8, 4) is 11.6 Å². The van der Waals surface area contributed by atoms with Gasteiger partial charge in [0, 0.05) is 6.54 Å². The second kappa shape index (κ2) is 5.49. The Kier molecular flexibility index (Phi) is 3.54. The number of benzene rings is 1. The van der Waals surface area contributed by atoms with Crippen LogP contribution in [0.5, 0.6) is 11.6 Å². The summed E-state index contributed by atoms with van der Waals surface area (Å²) in [4.78, 5) is 8.46. The summed E-state index contributed by atoms with van der Waals surface area (Å²) < 4.78 is 5.93. The second-order valence-electron chi connectivity index (χ2n) is 5.07. The molecule has 0 radical (unpaired) electrons. The first kappa shape index (κ1) is 12.9. The fourth-order valence-electron chi connectivity index (χ4n) is 2.61. The van der Waals surface area contributed by atoms with Crippen molar-refractivity contribution >= 4 is 5.82 Å². The number of nitrogens with one attached hydrogen (secondary N) is 1. The van der Waals surface area contributed by atoms with Crippen LogP contribution in [0.1, 0.15) is 30.0 Å². The molecule has 0 fully saturated rings. The zero-order chi connectivity index (χ0) is 13.9. The summed E-state index contributed by atoms with van der Waals surface area (Å²) in [5.41, 5.74) is 3.79. The van der Waals surface area contributed by atoms with Crippen molar-refractivity contribution in [2.45, 2.75) is 33.1 Å². The Morgan fingerprint density at radius 2 is 2.05 bits per heavy atom. The smallest absolute Gasteiger partial charge is 0.227 e. The van der Waals surface area contributed by atoms with Crippen molar-refractivity contribution in [2.75, 3.05) is 11.9 Å². The molecule has 0 saturated heterocycles. The van der Waals surface area contributed by atoms with Crippen LogP contribution in [0, 0.1) is 6.92 Å². The van der Waals surface area contributed by atoms with Gasteiger partial charge in [0.05, 0.1) is 5.56 Å². The Balaban J connectivity index is 1.86. The van der Waals surface area contributed by atoms with E-state index in [1.54, 1.807) is 0 Å². The fraction of sp³-hybridized carbons (Fsp3) is 0.375. The highest BCUT2D eigenvalue weighted by atomic mass is 16.5. The van der Waals surface area contributed by atoms with Crippen molar-refractivity contribution in [2.24, 2.45) is 0 Å². The topological polar surface area (TPSA) is 47.0 Å². The molecule has 4 nitrogen and oxygen atoms in total. The molecule has 4 heteroatoms. The van der Waals surface area contributed by atoms with Crippen LogP contribution < -0.4 is 10.1 Å². The molecule has 1 aliphatic rings. The van der Waals surface area contributed by atoms with Gasteiger partial charge in [0.25, 0.3) is 0 Å². The number of hydrogen-bond acceptors (Lipinski definition) is 4. The third-order valence-corrected chi connectivity index (χ3v) is 3.67. The summed E-state index contributed by atoms with van der Waals surface area (Å²) in [6.45, 7) is 4.85. The average molecular weight is 269 g/mol. The zero-order valence-corrected chi connectivity index (χ0v) is 11.9. The van der Waals surface area contributed by atoms with Gasteiger partial charge in [0.15, 0.2) is 0 Å². The van der Waals surface area contributed by atoms with Crippen molar-refractivity contribution < 1.29 is 4.74 Å². The predicted molar refractivity (Wildman–Crippen MR) is 79.5 cm³/mol. The van der Waals surface area contributed by atoms with Gasteiger partial charge in [0.2, 0.25) is 5.88 Å². The van der Waals surface area contributed by atoms with Crippen LogP contribution >= 0.6 is 0 Å². The van der Waals surface area contributed by atoms with Crippen LogP contribution in [0.4, 0.5) is 5.82 Å². The first-order valence-corrected chi connectivity index (χ1v) is 7.13. The van der Waals surface area contributed by atoms with E-state index in [-0.39, 0.29) is 0 Å². The maximum Gasteiger partial charge on any atom is 0.227 e. The van der Waals surface area contributed by atoms with Gasteiger partial charge in [-0.25, -0.2) is 9.97 Å². The molecule has 0 saturated carbocycles. The van der Waals surface area contributed by atoms with Crippen molar-refractivity contribution in [1.29, 1.82) is 0 Å². The van der Waals surface area contributed by atoms with Gasteiger partial charge in [-0.1, -0.05) is 6.07 Å². The summed E-state index contributed by atoms with van der Waals surface area (Å²) in [5.74, 6) is 2.31. The highest BCUT2D eigenvalue weighted by Gasteiger charge is 2.13. The van der Waals surface area contributed by atoms with E-state index in [4.69, 9.17) is 4.74 Å². The molecule has 0 unspecified atom stereocenters. The lowest BCUT2D eigenvalue weighted by atomic mass is 10.1. The van der Waals surface area contributed by atoms with E-state index in [9.17, 15) is 0 Å². The average Bonchev–Trinajstić information content (AvgIpc) is 2.91. The molecular weight excluding hydrogens is 250 g/mol. The summed E-state index contributed by atoms with van der Waals surface area (Å²) >= 11 is 0. The summed E-state index contributed by atoms with van der Waals surface area (Å²) in [7, 11) is 0. The lowest BCUT2D eigenvalue weighted by Crippen LogP contribution is -2.03. The van der Waals surface area contributed by atoms with Gasteiger partial charge in [-0.2, -0.15) is 0 Å².